The first kappa shape index (κ1) is 18.9. The highest BCUT2D eigenvalue weighted by atomic mass is 16.5. The van der Waals surface area contributed by atoms with E-state index in [0.29, 0.717) is 36.5 Å². The number of likely N-dealkylation sites (tertiary alicyclic amines) is 1. The van der Waals surface area contributed by atoms with Crippen molar-refractivity contribution >= 4 is 23.5 Å². The number of amides is 3. The topological polar surface area (TPSA) is 95.9 Å². The van der Waals surface area contributed by atoms with Crippen molar-refractivity contribution in [1.82, 2.24) is 20.0 Å². The number of carbonyl (C=O) groups excluding carboxylic acids is 3. The molecule has 1 unspecified atom stereocenters. The highest BCUT2D eigenvalue weighted by Gasteiger charge is 2.38. The molecule has 0 spiro atoms. The summed E-state index contributed by atoms with van der Waals surface area (Å²) < 4.78 is 5.82. The summed E-state index contributed by atoms with van der Waals surface area (Å²) in [6.07, 6.45) is 0.436. The molecule has 2 aliphatic rings. The van der Waals surface area contributed by atoms with Gasteiger partial charge in [0.1, 0.15) is 12.6 Å². The molecule has 1 saturated heterocycles. The van der Waals surface area contributed by atoms with E-state index in [1.807, 2.05) is 25.1 Å². The molecular weight excluding hydrogens is 374 g/mol. The van der Waals surface area contributed by atoms with Crippen LogP contribution in [0.1, 0.15) is 27.1 Å². The second-order valence-electron chi connectivity index (χ2n) is 7.23. The lowest BCUT2D eigenvalue weighted by Crippen LogP contribution is -2.42. The number of rotatable bonds is 5. The van der Waals surface area contributed by atoms with Crippen LogP contribution < -0.4 is 9.64 Å². The van der Waals surface area contributed by atoms with Crippen LogP contribution in [0.25, 0.3) is 0 Å². The molecule has 9 heteroatoms. The molecule has 0 bridgehead atoms. The number of benzene rings is 1. The Hall–Kier alpha value is -3.49. The molecule has 0 N–H and O–H groups in total. The molecule has 29 heavy (non-hydrogen) atoms. The largest absolute Gasteiger partial charge is 0.471 e. The van der Waals surface area contributed by atoms with Gasteiger partial charge in [0.2, 0.25) is 11.8 Å². The minimum Gasteiger partial charge on any atom is -0.471 e. The van der Waals surface area contributed by atoms with E-state index in [1.165, 1.54) is 0 Å². The lowest BCUT2D eigenvalue weighted by atomic mass is 10.1. The summed E-state index contributed by atoms with van der Waals surface area (Å²) in [5, 5.41) is 8.11. The van der Waals surface area contributed by atoms with Crippen molar-refractivity contribution in [3.63, 3.8) is 0 Å². The maximum atomic E-state index is 12.7. The number of imide groups is 1. The fraction of sp³-hybridized carbons (Fsp3) is 0.350. The highest BCUT2D eigenvalue weighted by Crippen LogP contribution is 2.23. The maximum absolute atomic E-state index is 12.7. The van der Waals surface area contributed by atoms with Crippen LogP contribution >= 0.6 is 0 Å². The molecule has 150 valence electrons. The van der Waals surface area contributed by atoms with Gasteiger partial charge < -0.3 is 14.5 Å². The van der Waals surface area contributed by atoms with Crippen molar-refractivity contribution < 1.29 is 19.1 Å². The average Bonchev–Trinajstić information content (AvgIpc) is 3.28. The Bertz CT molecular complexity index is 925. The molecule has 1 atom stereocenters. The molecule has 0 radical (unpaired) electrons. The Morgan fingerprint density at radius 2 is 1.79 bits per heavy atom. The van der Waals surface area contributed by atoms with E-state index in [9.17, 15) is 14.4 Å². The van der Waals surface area contributed by atoms with Crippen LogP contribution in [-0.2, 0) is 4.79 Å². The van der Waals surface area contributed by atoms with E-state index in [4.69, 9.17) is 4.74 Å². The normalized spacial score (nSPS) is 18.2. The molecule has 1 aromatic carbocycles. The quantitative estimate of drug-likeness (QED) is 0.692. The Labute approximate surface area is 167 Å². The number of fused-ring (bicyclic) bond motifs is 1. The smallest absolute Gasteiger partial charge is 0.262 e. The Morgan fingerprint density at radius 1 is 1.10 bits per heavy atom. The van der Waals surface area contributed by atoms with Gasteiger partial charge in [0, 0.05) is 33.1 Å². The van der Waals surface area contributed by atoms with Gasteiger partial charge in [0.05, 0.1) is 17.7 Å². The van der Waals surface area contributed by atoms with E-state index in [0.717, 1.165) is 10.7 Å². The molecule has 2 aromatic rings. The van der Waals surface area contributed by atoms with E-state index >= 15 is 0 Å². The van der Waals surface area contributed by atoms with Crippen LogP contribution in [0.4, 0.5) is 5.82 Å². The SMILES string of the molecule is CN(C)c1ccc(OC2CCN(C(=O)CN3C(=O)c4ccccc4C3=O)C2)nn1. The summed E-state index contributed by atoms with van der Waals surface area (Å²) >= 11 is 0. The molecule has 1 aromatic heterocycles. The van der Waals surface area contributed by atoms with Gasteiger partial charge in [0.15, 0.2) is 5.82 Å². The van der Waals surface area contributed by atoms with Crippen molar-refractivity contribution in [2.45, 2.75) is 12.5 Å². The number of carbonyl (C=O) groups is 3. The van der Waals surface area contributed by atoms with Crippen molar-refractivity contribution in [3.8, 4) is 5.88 Å². The summed E-state index contributed by atoms with van der Waals surface area (Å²) in [6.45, 7) is 0.603. The summed E-state index contributed by atoms with van der Waals surface area (Å²) in [6, 6.07) is 10.1. The summed E-state index contributed by atoms with van der Waals surface area (Å²) in [5.74, 6) is -0.0131. The monoisotopic (exact) mass is 395 g/mol. The van der Waals surface area contributed by atoms with Crippen molar-refractivity contribution in [3.05, 3.63) is 47.5 Å². The molecule has 3 amide bonds. The predicted molar refractivity (Wildman–Crippen MR) is 104 cm³/mol. The third-order valence-electron chi connectivity index (χ3n) is 5.04. The number of aromatic nitrogens is 2. The number of nitrogens with zero attached hydrogens (tertiary/aromatic N) is 5. The first-order valence-corrected chi connectivity index (χ1v) is 9.35. The van der Waals surface area contributed by atoms with Gasteiger partial charge in [-0.3, -0.25) is 19.3 Å². The maximum Gasteiger partial charge on any atom is 0.262 e. The zero-order chi connectivity index (χ0) is 20.5. The van der Waals surface area contributed by atoms with E-state index in [-0.39, 0.29) is 18.6 Å². The number of hydrogen-bond donors (Lipinski definition) is 0. The van der Waals surface area contributed by atoms with E-state index < -0.39 is 11.8 Å². The van der Waals surface area contributed by atoms with Crippen LogP contribution in [0.3, 0.4) is 0 Å². The standard InChI is InChI=1S/C20H21N5O4/c1-23(2)16-7-8-17(22-21-16)29-13-9-10-24(11-13)18(26)12-25-19(27)14-5-3-4-6-15(14)20(25)28/h3-8,13H,9-12H2,1-2H3. The minimum atomic E-state index is -0.429. The number of hydrogen-bond acceptors (Lipinski definition) is 7. The molecule has 3 heterocycles. The van der Waals surface area contributed by atoms with Gasteiger partial charge in [0.25, 0.3) is 11.8 Å². The summed E-state index contributed by atoms with van der Waals surface area (Å²) in [7, 11) is 3.75. The van der Waals surface area contributed by atoms with Gasteiger partial charge in [-0.1, -0.05) is 12.1 Å². The van der Waals surface area contributed by atoms with Crippen molar-refractivity contribution in [1.29, 1.82) is 0 Å². The van der Waals surface area contributed by atoms with Gasteiger partial charge in [-0.05, 0) is 18.2 Å². The third kappa shape index (κ3) is 3.63. The number of ether oxygens (including phenoxy) is 1. The van der Waals surface area contributed by atoms with E-state index in [2.05, 4.69) is 10.2 Å². The Morgan fingerprint density at radius 3 is 2.38 bits per heavy atom. The molecule has 0 aliphatic carbocycles. The second kappa shape index (κ2) is 7.50. The molecule has 0 saturated carbocycles. The molecule has 9 nitrogen and oxygen atoms in total. The van der Waals surface area contributed by atoms with Crippen LogP contribution in [0, 0.1) is 0 Å². The minimum absolute atomic E-state index is 0.208. The highest BCUT2D eigenvalue weighted by molar-refractivity contribution is 6.22. The lowest BCUT2D eigenvalue weighted by Gasteiger charge is -2.20. The number of anilines is 1. The molecule has 4 rings (SSSR count). The van der Waals surface area contributed by atoms with Crippen LogP contribution in [0.2, 0.25) is 0 Å². The van der Waals surface area contributed by atoms with E-state index in [1.54, 1.807) is 35.2 Å². The van der Waals surface area contributed by atoms with Gasteiger partial charge in [-0.25, -0.2) is 0 Å². The second-order valence-corrected chi connectivity index (χ2v) is 7.23. The van der Waals surface area contributed by atoms with Gasteiger partial charge >= 0.3 is 0 Å². The van der Waals surface area contributed by atoms with Crippen LogP contribution in [0.15, 0.2) is 36.4 Å². The Kier molecular flexibility index (Phi) is 4.87. The van der Waals surface area contributed by atoms with Gasteiger partial charge in [-0.15, -0.1) is 10.2 Å². The summed E-state index contributed by atoms with van der Waals surface area (Å²) in [5.41, 5.74) is 0.681. The molecule has 2 aliphatic heterocycles. The third-order valence-corrected chi connectivity index (χ3v) is 5.04. The van der Waals surface area contributed by atoms with Gasteiger partial charge in [-0.2, -0.15) is 0 Å². The zero-order valence-electron chi connectivity index (χ0n) is 16.2. The fourth-order valence-corrected chi connectivity index (χ4v) is 3.45. The van der Waals surface area contributed by atoms with Crippen LogP contribution in [0.5, 0.6) is 5.88 Å². The first-order valence-electron chi connectivity index (χ1n) is 9.35. The zero-order valence-corrected chi connectivity index (χ0v) is 16.2. The van der Waals surface area contributed by atoms with Crippen molar-refractivity contribution in [2.24, 2.45) is 0 Å². The molecular formula is C20H21N5O4. The van der Waals surface area contributed by atoms with Crippen LogP contribution in [-0.4, -0.2) is 77.6 Å². The average molecular weight is 395 g/mol. The fourth-order valence-electron chi connectivity index (χ4n) is 3.45. The first-order chi connectivity index (χ1) is 13.9. The van der Waals surface area contributed by atoms with Crippen molar-refractivity contribution in [2.75, 3.05) is 38.6 Å². The predicted octanol–water partition coefficient (Wildman–Crippen LogP) is 0.818. The summed E-state index contributed by atoms with van der Waals surface area (Å²) in [4.78, 5) is 42.0. The Balaban J connectivity index is 1.34. The lowest BCUT2D eigenvalue weighted by molar-refractivity contribution is -0.130. The molecule has 1 fully saturated rings.